The molecule has 0 aliphatic heterocycles. The maximum Gasteiger partial charge on any atom is 0.132 e. The monoisotopic (exact) mass is 759 g/mol. The molecule has 0 saturated carbocycles. The molecule has 0 amide bonds. The molecule has 0 aliphatic carbocycles. The third kappa shape index (κ3) is 49.7. The lowest BCUT2D eigenvalue weighted by Gasteiger charge is -2.05. The molecule has 0 N–H and O–H groups in total. The van der Waals surface area contributed by atoms with Crippen LogP contribution in [0.1, 0.15) is 335 Å². The Morgan fingerprint density at radius 1 is 0.185 bits per heavy atom. The molecule has 0 atom stereocenters. The van der Waals surface area contributed by atoms with E-state index in [0.29, 0.717) is 5.78 Å². The van der Waals surface area contributed by atoms with Gasteiger partial charge in [0.05, 0.1) is 0 Å². The van der Waals surface area contributed by atoms with Gasteiger partial charge >= 0.3 is 0 Å². The van der Waals surface area contributed by atoms with Crippen molar-refractivity contribution in [3.63, 3.8) is 0 Å². The molecular weight excluding hydrogens is 653 g/mol. The fraction of sp³-hybridized carbons (Fsp3) is 0.981. The molecule has 1 heteroatoms. The lowest BCUT2D eigenvalue weighted by molar-refractivity contribution is -0.119. The minimum Gasteiger partial charge on any atom is -0.300 e. The molecule has 0 rings (SSSR count). The summed E-state index contributed by atoms with van der Waals surface area (Å²) in [5.41, 5.74) is 0. The van der Waals surface area contributed by atoms with Crippen LogP contribution < -0.4 is 0 Å². The maximum absolute atomic E-state index is 12.3. The quantitative estimate of drug-likeness (QED) is 0.0565. The number of carbonyl (C=O) groups excluding carboxylic acids is 1. The highest BCUT2D eigenvalue weighted by Crippen LogP contribution is 2.18. The zero-order valence-electron chi connectivity index (χ0n) is 38.3. The predicted octanol–water partition coefficient (Wildman–Crippen LogP) is 20.1. The van der Waals surface area contributed by atoms with Crippen molar-refractivity contribution in [2.24, 2.45) is 0 Å². The lowest BCUT2D eigenvalue weighted by Crippen LogP contribution is -1.97. The minimum atomic E-state index is 0.535. The van der Waals surface area contributed by atoms with Gasteiger partial charge in [0, 0.05) is 12.8 Å². The smallest absolute Gasteiger partial charge is 0.132 e. The molecule has 0 fully saturated rings. The molecule has 0 aromatic carbocycles. The molecule has 1 nitrogen and oxygen atoms in total. The van der Waals surface area contributed by atoms with E-state index in [0.717, 1.165) is 25.7 Å². The Labute approximate surface area is 344 Å². The molecule has 324 valence electrons. The second kappa shape index (κ2) is 50.7. The van der Waals surface area contributed by atoms with Gasteiger partial charge < -0.3 is 0 Å². The number of carbonyl (C=O) groups is 1. The van der Waals surface area contributed by atoms with E-state index < -0.39 is 0 Å². The molecule has 0 aliphatic rings. The molecule has 0 heterocycles. The largest absolute Gasteiger partial charge is 0.300 e. The first-order valence-electron chi connectivity index (χ1n) is 26.3. The van der Waals surface area contributed by atoms with Crippen LogP contribution in [0.15, 0.2) is 0 Å². The summed E-state index contributed by atoms with van der Waals surface area (Å²) >= 11 is 0. The standard InChI is InChI=1S/C53H106O/c1-3-5-7-9-11-13-15-17-19-21-23-25-27-28-29-30-32-34-36-38-40-42-44-46-48-50-52-53(54)51-49-47-45-43-41-39-37-35-33-31-26-24-22-20-18-16-14-12-10-8-6-4-2/h3-52H2,1-2H3. The summed E-state index contributed by atoms with van der Waals surface area (Å²) in [6, 6.07) is 0. The van der Waals surface area contributed by atoms with Crippen LogP contribution in [-0.2, 0) is 4.79 Å². The van der Waals surface area contributed by atoms with E-state index in [1.165, 1.54) is 295 Å². The number of hydrogen-bond acceptors (Lipinski definition) is 1. The van der Waals surface area contributed by atoms with Gasteiger partial charge in [0.2, 0.25) is 0 Å². The van der Waals surface area contributed by atoms with E-state index in [2.05, 4.69) is 13.8 Å². The van der Waals surface area contributed by atoms with Crippen molar-refractivity contribution < 1.29 is 4.79 Å². The molecule has 0 aromatic heterocycles. The van der Waals surface area contributed by atoms with Gasteiger partial charge in [-0.1, -0.05) is 309 Å². The Morgan fingerprint density at radius 3 is 0.426 bits per heavy atom. The normalized spacial score (nSPS) is 11.6. The van der Waals surface area contributed by atoms with Gasteiger partial charge in [-0.2, -0.15) is 0 Å². The topological polar surface area (TPSA) is 17.1 Å². The first kappa shape index (κ1) is 53.7. The average Bonchev–Trinajstić information content (AvgIpc) is 3.18. The number of ketones is 1. The van der Waals surface area contributed by atoms with Crippen LogP contribution in [0.25, 0.3) is 0 Å². The molecule has 0 spiro atoms. The van der Waals surface area contributed by atoms with E-state index in [-0.39, 0.29) is 0 Å². The van der Waals surface area contributed by atoms with E-state index >= 15 is 0 Å². The van der Waals surface area contributed by atoms with Crippen molar-refractivity contribution in [3.05, 3.63) is 0 Å². The summed E-state index contributed by atoms with van der Waals surface area (Å²) < 4.78 is 0. The number of rotatable bonds is 50. The van der Waals surface area contributed by atoms with E-state index in [1.54, 1.807) is 0 Å². The van der Waals surface area contributed by atoms with Gasteiger partial charge in [-0.3, -0.25) is 4.79 Å². The van der Waals surface area contributed by atoms with Gasteiger partial charge in [-0.15, -0.1) is 0 Å². The Bertz CT molecular complexity index is 654. The fourth-order valence-electron chi connectivity index (χ4n) is 8.69. The first-order valence-corrected chi connectivity index (χ1v) is 26.3. The van der Waals surface area contributed by atoms with Gasteiger partial charge in [-0.25, -0.2) is 0 Å². The van der Waals surface area contributed by atoms with Crippen LogP contribution in [0.3, 0.4) is 0 Å². The lowest BCUT2D eigenvalue weighted by atomic mass is 10.0. The number of hydrogen-bond donors (Lipinski definition) is 0. The molecule has 0 unspecified atom stereocenters. The number of Topliss-reactive ketones (excluding diaryl/α,β-unsaturated/α-hetero) is 1. The summed E-state index contributed by atoms with van der Waals surface area (Å²) in [4.78, 5) is 12.3. The van der Waals surface area contributed by atoms with Crippen LogP contribution in [0, 0.1) is 0 Å². The molecule has 0 bridgehead atoms. The van der Waals surface area contributed by atoms with Crippen molar-refractivity contribution in [2.75, 3.05) is 0 Å². The highest BCUT2D eigenvalue weighted by molar-refractivity contribution is 5.78. The summed E-state index contributed by atoms with van der Waals surface area (Å²) in [7, 11) is 0. The number of unbranched alkanes of at least 4 members (excludes halogenated alkanes) is 46. The van der Waals surface area contributed by atoms with Crippen molar-refractivity contribution in [1.29, 1.82) is 0 Å². The van der Waals surface area contributed by atoms with Gasteiger partial charge in [-0.05, 0) is 12.8 Å². The minimum absolute atomic E-state index is 0.535. The molecular formula is C53H106O. The second-order valence-corrected chi connectivity index (χ2v) is 18.3. The summed E-state index contributed by atoms with van der Waals surface area (Å²) in [5, 5.41) is 0. The van der Waals surface area contributed by atoms with Crippen molar-refractivity contribution >= 4 is 5.78 Å². The van der Waals surface area contributed by atoms with Crippen LogP contribution >= 0.6 is 0 Å². The Morgan fingerprint density at radius 2 is 0.296 bits per heavy atom. The third-order valence-corrected chi connectivity index (χ3v) is 12.6. The van der Waals surface area contributed by atoms with Crippen LogP contribution in [0.2, 0.25) is 0 Å². The average molecular weight is 759 g/mol. The first-order chi connectivity index (χ1) is 26.8. The highest BCUT2D eigenvalue weighted by atomic mass is 16.1. The molecule has 0 radical (unpaired) electrons. The van der Waals surface area contributed by atoms with Crippen molar-refractivity contribution in [3.8, 4) is 0 Å². The highest BCUT2D eigenvalue weighted by Gasteiger charge is 2.03. The summed E-state index contributed by atoms with van der Waals surface area (Å²) in [6.07, 6.45) is 70.2. The van der Waals surface area contributed by atoms with Crippen LogP contribution in [0.4, 0.5) is 0 Å². The van der Waals surface area contributed by atoms with Crippen molar-refractivity contribution in [1.82, 2.24) is 0 Å². The van der Waals surface area contributed by atoms with Crippen LogP contribution in [0.5, 0.6) is 0 Å². The van der Waals surface area contributed by atoms with Gasteiger partial charge in [0.1, 0.15) is 5.78 Å². The molecule has 54 heavy (non-hydrogen) atoms. The summed E-state index contributed by atoms with van der Waals surface area (Å²) in [6.45, 7) is 4.61. The third-order valence-electron chi connectivity index (χ3n) is 12.6. The van der Waals surface area contributed by atoms with Crippen LogP contribution in [-0.4, -0.2) is 5.78 Å². The zero-order valence-corrected chi connectivity index (χ0v) is 38.3. The zero-order chi connectivity index (χ0) is 38.9. The Kier molecular flexibility index (Phi) is 50.4. The fourth-order valence-corrected chi connectivity index (χ4v) is 8.69. The SMILES string of the molecule is CCCCCCCCCCCCCCCCCCCCCCCCCCCCC(=O)CCCCCCCCCCCCCCCCCCCCCCCC. The van der Waals surface area contributed by atoms with Crippen molar-refractivity contribution in [2.45, 2.75) is 335 Å². The summed E-state index contributed by atoms with van der Waals surface area (Å²) in [5.74, 6) is 0.535. The Balaban J connectivity index is 3.14. The molecule has 0 saturated heterocycles. The predicted molar refractivity (Wildman–Crippen MR) is 247 cm³/mol. The second-order valence-electron chi connectivity index (χ2n) is 18.3. The van der Waals surface area contributed by atoms with E-state index in [9.17, 15) is 4.79 Å². The molecule has 0 aromatic rings. The van der Waals surface area contributed by atoms with E-state index in [4.69, 9.17) is 0 Å². The van der Waals surface area contributed by atoms with E-state index in [1.807, 2.05) is 0 Å². The van der Waals surface area contributed by atoms with Gasteiger partial charge in [0.25, 0.3) is 0 Å². The maximum atomic E-state index is 12.3. The van der Waals surface area contributed by atoms with Gasteiger partial charge in [0.15, 0.2) is 0 Å². The Hall–Kier alpha value is -0.330.